The van der Waals surface area contributed by atoms with Crippen molar-refractivity contribution < 1.29 is 0 Å². The molecule has 0 aliphatic rings. The smallest absolute Gasteiger partial charge is 0.0146 e. The van der Waals surface area contributed by atoms with Crippen LogP contribution < -0.4 is 0 Å². The highest BCUT2D eigenvalue weighted by Crippen LogP contribution is 2.10. The Bertz CT molecular complexity index is 203. The molecule has 0 spiro atoms. The Kier molecular flexibility index (Phi) is 5.52. The first kappa shape index (κ1) is 12.3. The second-order valence-corrected chi connectivity index (χ2v) is 3.64. The summed E-state index contributed by atoms with van der Waals surface area (Å²) in [5.74, 6) is 0. The van der Waals surface area contributed by atoms with Crippen molar-refractivity contribution in [2.45, 2.75) is 41.5 Å². The van der Waals surface area contributed by atoms with Crippen LogP contribution >= 0.6 is 0 Å². The summed E-state index contributed by atoms with van der Waals surface area (Å²) in [6.45, 7) is 15.2. The summed E-state index contributed by atoms with van der Waals surface area (Å²) < 4.78 is 0. The number of rotatable bonds is 4. The molecule has 0 saturated carbocycles. The fraction of sp³-hybridized carbons (Fsp3) is 0.667. The molecule has 76 valence electrons. The van der Waals surface area contributed by atoms with Gasteiger partial charge in [-0.1, -0.05) is 11.1 Å². The molecule has 0 rings (SSSR count). The average molecular weight is 181 g/mol. The molecule has 0 atom stereocenters. The molecule has 0 saturated heterocycles. The minimum absolute atomic E-state index is 1.09. The molecule has 0 N–H and O–H groups in total. The highest BCUT2D eigenvalue weighted by atomic mass is 15.1. The van der Waals surface area contributed by atoms with E-state index < -0.39 is 0 Å². The van der Waals surface area contributed by atoms with E-state index in [2.05, 4.69) is 52.5 Å². The minimum atomic E-state index is 1.09. The van der Waals surface area contributed by atoms with Gasteiger partial charge in [-0.2, -0.15) is 0 Å². The molecule has 0 fully saturated rings. The second-order valence-electron chi connectivity index (χ2n) is 3.64. The van der Waals surface area contributed by atoms with Crippen molar-refractivity contribution in [3.8, 4) is 0 Å². The zero-order valence-corrected chi connectivity index (χ0v) is 9.94. The van der Waals surface area contributed by atoms with Gasteiger partial charge < -0.3 is 4.90 Å². The van der Waals surface area contributed by atoms with Crippen LogP contribution in [0.5, 0.6) is 0 Å². The molecule has 0 aromatic heterocycles. The van der Waals surface area contributed by atoms with Crippen LogP contribution in [0.1, 0.15) is 41.5 Å². The minimum Gasteiger partial charge on any atom is -0.376 e. The third kappa shape index (κ3) is 4.16. The van der Waals surface area contributed by atoms with Gasteiger partial charge in [0, 0.05) is 18.8 Å². The first-order chi connectivity index (χ1) is 6.02. The molecule has 0 unspecified atom stereocenters. The first-order valence-corrected chi connectivity index (χ1v) is 5.10. The third-order valence-corrected chi connectivity index (χ3v) is 2.48. The van der Waals surface area contributed by atoms with Crippen LogP contribution in [0.2, 0.25) is 0 Å². The van der Waals surface area contributed by atoms with Gasteiger partial charge in [-0.3, -0.25) is 0 Å². The fourth-order valence-electron chi connectivity index (χ4n) is 1.27. The van der Waals surface area contributed by atoms with Crippen molar-refractivity contribution in [3.63, 3.8) is 0 Å². The van der Waals surface area contributed by atoms with Crippen molar-refractivity contribution in [2.75, 3.05) is 13.1 Å². The van der Waals surface area contributed by atoms with E-state index in [1.54, 1.807) is 0 Å². The van der Waals surface area contributed by atoms with Crippen molar-refractivity contribution >= 4 is 0 Å². The van der Waals surface area contributed by atoms with Crippen molar-refractivity contribution in [3.05, 3.63) is 22.9 Å². The van der Waals surface area contributed by atoms with E-state index in [1.165, 1.54) is 16.8 Å². The lowest BCUT2D eigenvalue weighted by Crippen LogP contribution is -2.20. The normalized spacial score (nSPS) is 11.4. The Hall–Kier alpha value is -0.720. The van der Waals surface area contributed by atoms with Gasteiger partial charge >= 0.3 is 0 Å². The van der Waals surface area contributed by atoms with Gasteiger partial charge in [-0.25, -0.2) is 0 Å². The summed E-state index contributed by atoms with van der Waals surface area (Å²) in [6.07, 6.45) is 2.27. The van der Waals surface area contributed by atoms with Crippen LogP contribution in [0.3, 0.4) is 0 Å². The number of hydrogen-bond acceptors (Lipinski definition) is 1. The van der Waals surface area contributed by atoms with Gasteiger partial charge in [0.1, 0.15) is 0 Å². The summed E-state index contributed by atoms with van der Waals surface area (Å²) in [7, 11) is 0. The Labute approximate surface area is 83.1 Å². The van der Waals surface area contributed by atoms with Gasteiger partial charge in [0.2, 0.25) is 0 Å². The molecule has 1 heteroatoms. The topological polar surface area (TPSA) is 3.24 Å². The summed E-state index contributed by atoms with van der Waals surface area (Å²) in [5, 5.41) is 0. The van der Waals surface area contributed by atoms with Crippen LogP contribution in [-0.2, 0) is 0 Å². The molecule has 0 aliphatic heterocycles. The molecular weight excluding hydrogens is 158 g/mol. The predicted molar refractivity (Wildman–Crippen MR) is 60.7 cm³/mol. The van der Waals surface area contributed by atoms with E-state index in [9.17, 15) is 0 Å². The van der Waals surface area contributed by atoms with Crippen LogP contribution in [0.4, 0.5) is 0 Å². The molecule has 0 aliphatic carbocycles. The van der Waals surface area contributed by atoms with Gasteiger partial charge in [0.15, 0.2) is 0 Å². The Morgan fingerprint density at radius 2 is 1.46 bits per heavy atom. The molecule has 1 nitrogen and oxygen atoms in total. The summed E-state index contributed by atoms with van der Waals surface area (Å²) in [5.41, 5.74) is 4.14. The van der Waals surface area contributed by atoms with Gasteiger partial charge in [-0.15, -0.1) is 0 Å². The van der Waals surface area contributed by atoms with E-state index >= 15 is 0 Å². The monoisotopic (exact) mass is 181 g/mol. The number of hydrogen-bond donors (Lipinski definition) is 0. The van der Waals surface area contributed by atoms with Crippen LogP contribution in [0, 0.1) is 0 Å². The zero-order valence-electron chi connectivity index (χ0n) is 9.94. The third-order valence-electron chi connectivity index (χ3n) is 2.48. The van der Waals surface area contributed by atoms with Crippen molar-refractivity contribution in [1.82, 2.24) is 4.90 Å². The standard InChI is InChI=1S/C12H23N/c1-7-13(8-2)12(6)9-11(5)10(3)4/h9H,7-8H2,1-6H3. The van der Waals surface area contributed by atoms with Crippen LogP contribution in [0.15, 0.2) is 22.9 Å². The zero-order chi connectivity index (χ0) is 10.4. The van der Waals surface area contributed by atoms with Crippen molar-refractivity contribution in [1.29, 1.82) is 0 Å². The highest BCUT2D eigenvalue weighted by Gasteiger charge is 1.99. The molecule has 0 bridgehead atoms. The maximum absolute atomic E-state index is 2.37. The lowest BCUT2D eigenvalue weighted by molar-refractivity contribution is 0.383. The summed E-state index contributed by atoms with van der Waals surface area (Å²) in [6, 6.07) is 0. The lowest BCUT2D eigenvalue weighted by Gasteiger charge is -2.21. The van der Waals surface area contributed by atoms with Gasteiger partial charge in [-0.05, 0) is 47.6 Å². The Balaban J connectivity index is 4.56. The van der Waals surface area contributed by atoms with E-state index in [4.69, 9.17) is 0 Å². The molecule has 0 radical (unpaired) electrons. The molecular formula is C12H23N. The van der Waals surface area contributed by atoms with E-state index in [0.717, 1.165) is 13.1 Å². The summed E-state index contributed by atoms with van der Waals surface area (Å²) in [4.78, 5) is 2.37. The Morgan fingerprint density at radius 1 is 1.00 bits per heavy atom. The number of nitrogens with zero attached hydrogens (tertiary/aromatic N) is 1. The van der Waals surface area contributed by atoms with E-state index in [-0.39, 0.29) is 0 Å². The summed E-state index contributed by atoms with van der Waals surface area (Å²) >= 11 is 0. The average Bonchev–Trinajstić information content (AvgIpc) is 2.06. The highest BCUT2D eigenvalue weighted by molar-refractivity contribution is 5.24. The second kappa shape index (κ2) is 5.85. The van der Waals surface area contributed by atoms with E-state index in [1.807, 2.05) is 0 Å². The molecule has 0 amide bonds. The van der Waals surface area contributed by atoms with Crippen molar-refractivity contribution in [2.24, 2.45) is 0 Å². The molecule has 13 heavy (non-hydrogen) atoms. The Morgan fingerprint density at radius 3 is 1.77 bits per heavy atom. The maximum Gasteiger partial charge on any atom is 0.0146 e. The molecule has 0 aromatic rings. The number of allylic oxidation sites excluding steroid dienone is 4. The fourth-order valence-corrected chi connectivity index (χ4v) is 1.27. The first-order valence-electron chi connectivity index (χ1n) is 5.10. The lowest BCUT2D eigenvalue weighted by atomic mass is 10.1. The predicted octanol–water partition coefficient (Wildman–Crippen LogP) is 3.59. The van der Waals surface area contributed by atoms with Crippen LogP contribution in [0.25, 0.3) is 0 Å². The maximum atomic E-state index is 2.37. The van der Waals surface area contributed by atoms with Gasteiger partial charge in [0.05, 0.1) is 0 Å². The largest absolute Gasteiger partial charge is 0.376 e. The van der Waals surface area contributed by atoms with Gasteiger partial charge in [0.25, 0.3) is 0 Å². The quantitative estimate of drug-likeness (QED) is 0.599. The van der Waals surface area contributed by atoms with Crippen LogP contribution in [-0.4, -0.2) is 18.0 Å². The van der Waals surface area contributed by atoms with E-state index in [0.29, 0.717) is 0 Å². The SMILES string of the molecule is CCN(CC)C(C)=CC(C)=C(C)C. The molecule has 0 heterocycles. The molecule has 0 aromatic carbocycles.